The van der Waals surface area contributed by atoms with E-state index in [0.29, 0.717) is 21.3 Å². The van der Waals surface area contributed by atoms with Gasteiger partial charge in [-0.05, 0) is 0 Å². The predicted molar refractivity (Wildman–Crippen MR) is 57.1 cm³/mol. The van der Waals surface area contributed by atoms with Gasteiger partial charge in [-0.15, -0.1) is 0 Å². The van der Waals surface area contributed by atoms with Crippen molar-refractivity contribution in [1.29, 1.82) is 0 Å². The highest BCUT2D eigenvalue weighted by molar-refractivity contribution is 6.62. The zero-order valence-electron chi connectivity index (χ0n) is 11.7. The highest BCUT2D eigenvalue weighted by Crippen LogP contribution is 2.58. The van der Waals surface area contributed by atoms with Crippen LogP contribution < -0.4 is 0 Å². The molecule has 22 heavy (non-hydrogen) atoms. The quantitative estimate of drug-likeness (QED) is 0.506. The molecule has 0 spiro atoms. The van der Waals surface area contributed by atoms with Gasteiger partial charge in [0.05, 0.1) is 5.54 Å². The molecular formula is C9H13F9O3Si. The van der Waals surface area contributed by atoms with E-state index in [9.17, 15) is 39.5 Å². The summed E-state index contributed by atoms with van der Waals surface area (Å²) < 4.78 is 129. The maximum Gasteiger partial charge on any atom is 0.509 e. The van der Waals surface area contributed by atoms with Gasteiger partial charge in [0.2, 0.25) is 0 Å². The second kappa shape index (κ2) is 6.17. The minimum Gasteiger partial charge on any atom is -0.377 e. The summed E-state index contributed by atoms with van der Waals surface area (Å²) in [6.07, 6.45) is -6.88. The van der Waals surface area contributed by atoms with Gasteiger partial charge in [-0.25, -0.2) is 0 Å². The molecule has 0 saturated heterocycles. The van der Waals surface area contributed by atoms with E-state index in [1.54, 1.807) is 0 Å². The van der Waals surface area contributed by atoms with Crippen LogP contribution in [-0.4, -0.2) is 54.1 Å². The first kappa shape index (κ1) is 21.5. The minimum absolute atomic E-state index is 0.281. The average Bonchev–Trinajstić information content (AvgIpc) is 2.39. The molecule has 0 fully saturated rings. The first-order valence-electron chi connectivity index (χ1n) is 5.44. The van der Waals surface area contributed by atoms with Crippen LogP contribution in [-0.2, 0) is 13.3 Å². The van der Waals surface area contributed by atoms with Crippen LogP contribution in [0.15, 0.2) is 0 Å². The molecule has 0 saturated carbocycles. The van der Waals surface area contributed by atoms with Crippen molar-refractivity contribution in [2.45, 2.75) is 36.4 Å². The van der Waals surface area contributed by atoms with E-state index >= 15 is 0 Å². The first-order chi connectivity index (χ1) is 9.59. The van der Waals surface area contributed by atoms with Crippen molar-refractivity contribution in [3.05, 3.63) is 0 Å². The van der Waals surface area contributed by atoms with Crippen molar-refractivity contribution in [3.63, 3.8) is 0 Å². The van der Waals surface area contributed by atoms with Gasteiger partial charge in [0.1, 0.15) is 0 Å². The van der Waals surface area contributed by atoms with Gasteiger partial charge in [0.25, 0.3) is 0 Å². The molecule has 0 rings (SSSR count). The van der Waals surface area contributed by atoms with Crippen LogP contribution in [0.1, 0.15) is 6.92 Å². The van der Waals surface area contributed by atoms with Crippen LogP contribution in [0.3, 0.4) is 0 Å². The maximum absolute atomic E-state index is 13.7. The summed E-state index contributed by atoms with van der Waals surface area (Å²) in [6, 6.07) is 0. The molecule has 0 aliphatic heterocycles. The fourth-order valence-electron chi connectivity index (χ4n) is 1.66. The molecule has 0 radical (unpaired) electrons. The highest BCUT2D eigenvalue weighted by atomic mass is 28.4. The molecule has 0 aromatic rings. The Morgan fingerprint density at radius 3 is 1.23 bits per heavy atom. The molecule has 1 atom stereocenters. The van der Waals surface area contributed by atoms with Crippen LogP contribution >= 0.6 is 0 Å². The van der Waals surface area contributed by atoms with Gasteiger partial charge in [-0.2, -0.15) is 39.5 Å². The molecule has 1 unspecified atom stereocenters. The van der Waals surface area contributed by atoms with Gasteiger partial charge in [-0.3, -0.25) is 0 Å². The Morgan fingerprint density at radius 2 is 1.00 bits per heavy atom. The lowest BCUT2D eigenvalue weighted by molar-refractivity contribution is -0.397. The average molecular weight is 368 g/mol. The summed E-state index contributed by atoms with van der Waals surface area (Å²) in [5, 5.41) is 0. The van der Waals surface area contributed by atoms with Crippen molar-refractivity contribution in [2.75, 3.05) is 21.3 Å². The molecule has 134 valence electrons. The second-order valence-electron chi connectivity index (χ2n) is 4.21. The Labute approximate surface area is 120 Å². The van der Waals surface area contributed by atoms with E-state index in [1.807, 2.05) is 0 Å². The third-order valence-corrected chi connectivity index (χ3v) is 6.23. The van der Waals surface area contributed by atoms with Gasteiger partial charge < -0.3 is 13.3 Å². The molecule has 0 heterocycles. The van der Waals surface area contributed by atoms with E-state index in [4.69, 9.17) is 0 Å². The largest absolute Gasteiger partial charge is 0.509 e. The van der Waals surface area contributed by atoms with Crippen LogP contribution in [0.2, 0.25) is 5.54 Å². The van der Waals surface area contributed by atoms with Crippen molar-refractivity contribution in [1.82, 2.24) is 0 Å². The van der Waals surface area contributed by atoms with Gasteiger partial charge in [0.15, 0.2) is 0 Å². The smallest absolute Gasteiger partial charge is 0.377 e. The number of rotatable bonds is 7. The summed E-state index contributed by atoms with van der Waals surface area (Å²) in [5.41, 5.74) is -2.89. The van der Waals surface area contributed by atoms with Crippen molar-refractivity contribution in [3.8, 4) is 0 Å². The molecule has 0 amide bonds. The summed E-state index contributed by atoms with van der Waals surface area (Å²) in [6.45, 7) is 0.281. The van der Waals surface area contributed by atoms with Gasteiger partial charge in [0, 0.05) is 21.3 Å². The van der Waals surface area contributed by atoms with E-state index < -0.39 is 38.3 Å². The summed E-state index contributed by atoms with van der Waals surface area (Å²) in [5.74, 6) is -19.5. The number of halogens is 9. The van der Waals surface area contributed by atoms with Crippen molar-refractivity contribution in [2.24, 2.45) is 0 Å². The van der Waals surface area contributed by atoms with Gasteiger partial charge >= 0.3 is 32.7 Å². The van der Waals surface area contributed by atoms with Crippen molar-refractivity contribution < 1.29 is 52.8 Å². The Bertz CT molecular complexity index is 373. The lowest BCUT2D eigenvalue weighted by atomic mass is 10.0. The van der Waals surface area contributed by atoms with Crippen molar-refractivity contribution >= 4 is 8.80 Å². The summed E-state index contributed by atoms with van der Waals surface area (Å²) in [4.78, 5) is 0. The number of hydrogen-bond donors (Lipinski definition) is 0. The maximum atomic E-state index is 13.7. The minimum atomic E-state index is -6.97. The van der Waals surface area contributed by atoms with E-state index in [-0.39, 0.29) is 6.92 Å². The third kappa shape index (κ3) is 2.95. The van der Waals surface area contributed by atoms with E-state index in [0.717, 1.165) is 0 Å². The molecule has 0 N–H and O–H groups in total. The lowest BCUT2D eigenvalue weighted by Crippen LogP contribution is -2.66. The predicted octanol–water partition coefficient (Wildman–Crippen LogP) is 3.72. The van der Waals surface area contributed by atoms with Crippen LogP contribution in [0.4, 0.5) is 39.5 Å². The topological polar surface area (TPSA) is 27.7 Å². The van der Waals surface area contributed by atoms with E-state index in [2.05, 4.69) is 13.3 Å². The molecule has 0 aliphatic carbocycles. The van der Waals surface area contributed by atoms with Crippen LogP contribution in [0.5, 0.6) is 0 Å². The zero-order chi connectivity index (χ0) is 18.2. The lowest BCUT2D eigenvalue weighted by Gasteiger charge is -2.40. The fourth-order valence-corrected chi connectivity index (χ4v) is 3.85. The summed E-state index contributed by atoms with van der Waals surface area (Å²) >= 11 is 0. The Morgan fingerprint density at radius 1 is 0.682 bits per heavy atom. The highest BCUT2D eigenvalue weighted by Gasteiger charge is 2.84. The summed E-state index contributed by atoms with van der Waals surface area (Å²) in [7, 11) is -2.49. The van der Waals surface area contributed by atoms with Crippen LogP contribution in [0, 0.1) is 0 Å². The third-order valence-electron chi connectivity index (χ3n) is 3.10. The monoisotopic (exact) mass is 368 g/mol. The molecular weight excluding hydrogens is 355 g/mol. The fraction of sp³-hybridized carbons (Fsp3) is 1.00. The Hall–Kier alpha value is -0.533. The molecule has 13 heteroatoms. The Kier molecular flexibility index (Phi) is 6.02. The molecule has 3 nitrogen and oxygen atoms in total. The molecule has 0 aromatic heterocycles. The molecule has 0 bridgehead atoms. The zero-order valence-corrected chi connectivity index (χ0v) is 12.7. The number of hydrogen-bond acceptors (Lipinski definition) is 3. The molecule has 0 aromatic carbocycles. The molecule has 0 aliphatic rings. The SMILES string of the molecule is CO[Si](OC)(OC)C(C)C(F)(F)C(F)(F)C(F)(F)C(F)(F)F. The Balaban J connectivity index is 6.00. The normalized spacial score (nSPS) is 16.8. The van der Waals surface area contributed by atoms with E-state index in [1.165, 1.54) is 0 Å². The van der Waals surface area contributed by atoms with Gasteiger partial charge in [-0.1, -0.05) is 6.92 Å². The second-order valence-corrected chi connectivity index (χ2v) is 7.51. The first-order valence-corrected chi connectivity index (χ1v) is 7.24. The van der Waals surface area contributed by atoms with Crippen LogP contribution in [0.25, 0.3) is 0 Å². The standard InChI is InChI=1S/C9H13F9O3Si/c1-5(22(19-2,20-3)21-4)6(10,11)7(12,13)8(14,15)9(16,17)18/h5H,1-4H3. The number of alkyl halides is 9.